The monoisotopic (exact) mass is 615 g/mol. The Hall–Kier alpha value is -4.28. The molecule has 1 unspecified atom stereocenters. The van der Waals surface area contributed by atoms with Gasteiger partial charge < -0.3 is 9.84 Å². The number of thioether (sulfide) groups is 1. The summed E-state index contributed by atoms with van der Waals surface area (Å²) in [6, 6.07) is 21.8. The van der Waals surface area contributed by atoms with Gasteiger partial charge in [-0.1, -0.05) is 104 Å². The zero-order valence-corrected chi connectivity index (χ0v) is 25.1. The number of aliphatic hydroxyl groups excluding tert-OH is 1. The largest absolute Gasteiger partial charge is 0.503 e. The number of allylic oxidation sites excluding steroid dienone is 1. The van der Waals surface area contributed by atoms with E-state index in [1.165, 1.54) is 46.2 Å². The van der Waals surface area contributed by atoms with Gasteiger partial charge in [-0.3, -0.25) is 14.5 Å². The molecule has 0 radical (unpaired) electrons. The summed E-state index contributed by atoms with van der Waals surface area (Å²) in [5, 5.41) is 19.8. The molecule has 0 aliphatic carbocycles. The summed E-state index contributed by atoms with van der Waals surface area (Å²) < 4.78 is 19.7. The van der Waals surface area contributed by atoms with E-state index in [4.69, 9.17) is 4.74 Å². The fourth-order valence-electron chi connectivity index (χ4n) is 4.57. The first-order chi connectivity index (χ1) is 20.9. The normalized spacial score (nSPS) is 15.1. The highest BCUT2D eigenvalue weighted by atomic mass is 32.2. The zero-order chi connectivity index (χ0) is 30.2. The van der Waals surface area contributed by atoms with Gasteiger partial charge in [0.15, 0.2) is 15.9 Å². The van der Waals surface area contributed by atoms with Gasteiger partial charge in [0, 0.05) is 5.75 Å². The number of anilines is 1. The minimum atomic E-state index is -0.919. The molecule has 1 aromatic heterocycles. The molecule has 3 aromatic carbocycles. The van der Waals surface area contributed by atoms with E-state index >= 15 is 0 Å². The first-order valence-electron chi connectivity index (χ1n) is 13.9. The highest BCUT2D eigenvalue weighted by molar-refractivity contribution is 8.00. The number of halogens is 1. The number of rotatable bonds is 13. The van der Waals surface area contributed by atoms with Gasteiger partial charge in [-0.15, -0.1) is 10.2 Å². The van der Waals surface area contributed by atoms with E-state index in [0.717, 1.165) is 30.4 Å². The number of carbonyl (C=O) groups is 2. The third kappa shape index (κ3) is 7.39. The molecule has 1 atom stereocenters. The highest BCUT2D eigenvalue weighted by Crippen LogP contribution is 2.43. The Labute approximate surface area is 257 Å². The molecule has 0 saturated heterocycles. The number of carbonyl (C=O) groups excluding carboxylic acids is 2. The van der Waals surface area contributed by atoms with Gasteiger partial charge in [0.25, 0.3) is 5.91 Å². The van der Waals surface area contributed by atoms with Crippen molar-refractivity contribution in [3.05, 3.63) is 119 Å². The fraction of sp³-hybridized carbons (Fsp3) is 0.212. The summed E-state index contributed by atoms with van der Waals surface area (Å²) in [6.07, 6.45) is 6.13. The number of aliphatic hydroxyl groups is 1. The number of aromatic nitrogens is 2. The topological polar surface area (TPSA) is 92.6 Å². The van der Waals surface area contributed by atoms with Crippen LogP contribution in [0.2, 0.25) is 0 Å². The average Bonchev–Trinajstić information content (AvgIpc) is 3.60. The van der Waals surface area contributed by atoms with Crippen LogP contribution in [0.1, 0.15) is 48.9 Å². The molecule has 4 aromatic rings. The number of ether oxygens (including phenoxy) is 1. The summed E-state index contributed by atoms with van der Waals surface area (Å²) >= 11 is 2.58. The number of unbranched alkanes of at least 4 members (excludes halogenated alkanes) is 2. The number of amides is 1. The number of nitrogens with zero attached hydrogens (tertiary/aromatic N) is 3. The van der Waals surface area contributed by atoms with E-state index in [1.807, 2.05) is 30.3 Å². The second kappa shape index (κ2) is 14.3. The first-order valence-corrected chi connectivity index (χ1v) is 15.7. The molecule has 43 heavy (non-hydrogen) atoms. The van der Waals surface area contributed by atoms with E-state index in [-0.39, 0.29) is 16.5 Å². The van der Waals surface area contributed by atoms with Crippen LogP contribution in [-0.4, -0.2) is 33.6 Å². The average molecular weight is 616 g/mol. The number of ketones is 1. The molecule has 1 aliphatic rings. The lowest BCUT2D eigenvalue weighted by Gasteiger charge is -2.24. The molecule has 7 nitrogen and oxygen atoms in total. The van der Waals surface area contributed by atoms with Crippen LogP contribution >= 0.6 is 23.1 Å². The molecular weight excluding hydrogens is 586 g/mol. The van der Waals surface area contributed by atoms with E-state index in [0.29, 0.717) is 28.0 Å². The van der Waals surface area contributed by atoms with Crippen LogP contribution < -0.4 is 9.64 Å². The predicted octanol–water partition coefficient (Wildman–Crippen LogP) is 7.72. The summed E-state index contributed by atoms with van der Waals surface area (Å²) in [4.78, 5) is 28.3. The van der Waals surface area contributed by atoms with Crippen molar-refractivity contribution in [3.8, 4) is 5.75 Å². The number of hydrogen-bond acceptors (Lipinski definition) is 8. The minimum Gasteiger partial charge on any atom is -0.503 e. The van der Waals surface area contributed by atoms with Gasteiger partial charge in [-0.2, -0.15) is 0 Å². The molecular formula is C33H30FN3O4S2. The van der Waals surface area contributed by atoms with E-state index in [1.54, 1.807) is 42.5 Å². The van der Waals surface area contributed by atoms with Crippen LogP contribution in [0.25, 0.3) is 6.08 Å². The summed E-state index contributed by atoms with van der Waals surface area (Å²) in [5.41, 5.74) is 2.30. The lowest BCUT2D eigenvalue weighted by Crippen LogP contribution is -2.30. The lowest BCUT2D eigenvalue weighted by atomic mass is 9.95. The van der Waals surface area contributed by atoms with Crippen LogP contribution in [0.15, 0.2) is 101 Å². The van der Waals surface area contributed by atoms with Gasteiger partial charge in [-0.25, -0.2) is 4.39 Å². The maximum Gasteiger partial charge on any atom is 0.296 e. The Morgan fingerprint density at radius 1 is 1.05 bits per heavy atom. The second-order valence-corrected chi connectivity index (χ2v) is 12.0. The predicted molar refractivity (Wildman–Crippen MR) is 168 cm³/mol. The quantitative estimate of drug-likeness (QED) is 0.0712. The third-order valence-corrected chi connectivity index (χ3v) is 8.92. The van der Waals surface area contributed by atoms with Crippen LogP contribution in [0.4, 0.5) is 9.52 Å². The molecule has 5 rings (SSSR count). The molecule has 1 N–H and O–H groups in total. The molecule has 0 spiro atoms. The van der Waals surface area contributed by atoms with Gasteiger partial charge in [0.1, 0.15) is 11.6 Å². The highest BCUT2D eigenvalue weighted by Gasteiger charge is 2.45. The van der Waals surface area contributed by atoms with Crippen molar-refractivity contribution in [3.63, 3.8) is 0 Å². The molecule has 2 heterocycles. The van der Waals surface area contributed by atoms with Crippen molar-refractivity contribution in [1.82, 2.24) is 10.2 Å². The Morgan fingerprint density at radius 3 is 2.51 bits per heavy atom. The summed E-state index contributed by atoms with van der Waals surface area (Å²) in [7, 11) is 0. The number of benzene rings is 3. The van der Waals surface area contributed by atoms with Crippen molar-refractivity contribution in [2.75, 3.05) is 11.5 Å². The van der Waals surface area contributed by atoms with Crippen molar-refractivity contribution >= 4 is 46.0 Å². The maximum atomic E-state index is 13.5. The van der Waals surface area contributed by atoms with Crippen molar-refractivity contribution in [1.29, 1.82) is 0 Å². The molecule has 0 fully saturated rings. The van der Waals surface area contributed by atoms with E-state index in [2.05, 4.69) is 17.1 Å². The minimum absolute atomic E-state index is 0.0375. The number of hydrogen-bond donors (Lipinski definition) is 1. The lowest BCUT2D eigenvalue weighted by molar-refractivity contribution is -0.117. The van der Waals surface area contributed by atoms with Gasteiger partial charge in [0.2, 0.25) is 5.13 Å². The third-order valence-electron chi connectivity index (χ3n) is 6.79. The molecule has 0 saturated carbocycles. The van der Waals surface area contributed by atoms with Crippen molar-refractivity contribution < 1.29 is 23.8 Å². The Balaban J connectivity index is 1.42. The van der Waals surface area contributed by atoms with Crippen LogP contribution in [-0.2, 0) is 15.3 Å². The molecule has 10 heteroatoms. The SMILES string of the molecule is CCCCCOc1ccc(C2C(C(=O)C=Cc3ccccc3)=C(O)C(=O)N2c2nnc(SCc3ccc(F)cc3)s2)cc1. The molecule has 220 valence electrons. The zero-order valence-electron chi connectivity index (χ0n) is 23.5. The van der Waals surface area contributed by atoms with Gasteiger partial charge in [-0.05, 0) is 53.5 Å². The first kappa shape index (κ1) is 30.2. The molecule has 1 aliphatic heterocycles. The van der Waals surface area contributed by atoms with Crippen LogP contribution in [0.5, 0.6) is 5.75 Å². The second-order valence-electron chi connectivity index (χ2n) is 9.84. The standard InChI is InChI=1S/C33H30FN3O4S2/c1-2-3-7-20-41-26-17-13-24(14-18-26)29-28(27(38)19-12-22-8-5-4-6-9-22)30(39)31(40)37(29)32-35-36-33(43-32)42-21-23-10-15-25(34)16-11-23/h4-6,8-19,29,39H,2-3,7,20-21H2,1H3. The van der Waals surface area contributed by atoms with Crippen molar-refractivity contribution in [2.24, 2.45) is 0 Å². The van der Waals surface area contributed by atoms with Gasteiger partial charge >= 0.3 is 0 Å². The summed E-state index contributed by atoms with van der Waals surface area (Å²) in [6.45, 7) is 2.73. The van der Waals surface area contributed by atoms with E-state index < -0.39 is 23.5 Å². The fourth-order valence-corrected chi connectivity index (χ4v) is 6.39. The smallest absolute Gasteiger partial charge is 0.296 e. The van der Waals surface area contributed by atoms with Gasteiger partial charge in [0.05, 0.1) is 18.2 Å². The van der Waals surface area contributed by atoms with Crippen LogP contribution in [0.3, 0.4) is 0 Å². The maximum absolute atomic E-state index is 13.5. The Morgan fingerprint density at radius 2 is 1.79 bits per heavy atom. The molecule has 1 amide bonds. The van der Waals surface area contributed by atoms with Crippen LogP contribution in [0, 0.1) is 5.82 Å². The van der Waals surface area contributed by atoms with Crippen molar-refractivity contribution in [2.45, 2.75) is 42.3 Å². The Kier molecular flexibility index (Phi) is 10.0. The molecule has 0 bridgehead atoms. The van der Waals surface area contributed by atoms with E-state index in [9.17, 15) is 19.1 Å². The summed E-state index contributed by atoms with van der Waals surface area (Å²) in [5.74, 6) is -0.939. The Bertz CT molecular complexity index is 1620.